The third kappa shape index (κ3) is 3.13. The fourth-order valence-corrected chi connectivity index (χ4v) is 4.91. The predicted octanol–water partition coefficient (Wildman–Crippen LogP) is 4.83. The number of ether oxygens (including phenoxy) is 2. The van der Waals surface area contributed by atoms with Crippen LogP contribution in [0, 0.1) is 25.2 Å². The molecule has 168 valence electrons. The number of para-hydroxylation sites is 1. The van der Waals surface area contributed by atoms with Crippen molar-refractivity contribution in [1.82, 2.24) is 4.57 Å². The van der Waals surface area contributed by atoms with Gasteiger partial charge in [0.1, 0.15) is 23.1 Å². The molecule has 3 aromatic carbocycles. The van der Waals surface area contributed by atoms with Crippen LogP contribution in [0.4, 0.5) is 0 Å². The summed E-state index contributed by atoms with van der Waals surface area (Å²) in [6.07, 6.45) is 0. The first kappa shape index (κ1) is 21.4. The lowest BCUT2D eigenvalue weighted by atomic mass is 9.84. The molecule has 0 amide bonds. The fraction of sp³-hybridized carbons (Fsp3) is 0.143. The first-order chi connectivity index (χ1) is 16.5. The van der Waals surface area contributed by atoms with Gasteiger partial charge >= 0.3 is 0 Å². The number of nitriles is 1. The molecule has 4 aromatic rings. The maximum absolute atomic E-state index is 13.3. The summed E-state index contributed by atoms with van der Waals surface area (Å²) in [7, 11) is 1.60. The number of nitrogens with zero attached hydrogens (tertiary/aromatic N) is 2. The molecule has 2 N–H and O–H groups in total. The second-order valence-electron chi connectivity index (χ2n) is 8.27. The standard InChI is InChI=1S/C28H23N3O3/c1-16-24-23(32)14-13-21-26(18-9-11-20(33-3)12-10-18)22(15-29)28(30)34-27(21)25(24)17(2)31(16)19-7-5-4-6-8-19/h4-14,26H,30H2,1-3H3/t26-/m1/s1. The zero-order chi connectivity index (χ0) is 24.0. The molecular weight excluding hydrogens is 426 g/mol. The number of hydrogen-bond donors (Lipinski definition) is 1. The van der Waals surface area contributed by atoms with Gasteiger partial charge in [-0.3, -0.25) is 4.79 Å². The van der Waals surface area contributed by atoms with Gasteiger partial charge in [-0.05, 0) is 49.7 Å². The van der Waals surface area contributed by atoms with E-state index in [4.69, 9.17) is 15.2 Å². The molecule has 0 saturated carbocycles. The number of hydrogen-bond acceptors (Lipinski definition) is 5. The van der Waals surface area contributed by atoms with Gasteiger partial charge in [-0.2, -0.15) is 5.26 Å². The van der Waals surface area contributed by atoms with E-state index in [-0.39, 0.29) is 11.3 Å². The summed E-state index contributed by atoms with van der Waals surface area (Å²) in [4.78, 5) is 13.3. The van der Waals surface area contributed by atoms with Crippen molar-refractivity contribution in [3.8, 4) is 23.3 Å². The number of nitrogens with two attached hydrogens (primary N) is 1. The number of allylic oxidation sites excluding steroid dienone is 1. The second kappa shape index (κ2) is 8.13. The molecule has 6 heteroatoms. The molecule has 0 bridgehead atoms. The minimum atomic E-state index is -0.477. The molecule has 5 rings (SSSR count). The van der Waals surface area contributed by atoms with Gasteiger partial charge in [-0.1, -0.05) is 36.4 Å². The molecule has 0 fully saturated rings. The predicted molar refractivity (Wildman–Crippen MR) is 131 cm³/mol. The Morgan fingerprint density at radius 3 is 2.29 bits per heavy atom. The van der Waals surface area contributed by atoms with Crippen molar-refractivity contribution in [2.45, 2.75) is 19.8 Å². The highest BCUT2D eigenvalue weighted by molar-refractivity contribution is 5.95. The number of benzene rings is 2. The van der Waals surface area contributed by atoms with Gasteiger partial charge in [-0.25, -0.2) is 0 Å². The Hall–Kier alpha value is -4.50. The summed E-state index contributed by atoms with van der Waals surface area (Å²) < 4.78 is 13.4. The van der Waals surface area contributed by atoms with Crippen molar-refractivity contribution < 1.29 is 9.47 Å². The summed E-state index contributed by atoms with van der Waals surface area (Å²) in [6.45, 7) is 3.90. The molecular formula is C28H23N3O3. The van der Waals surface area contributed by atoms with E-state index < -0.39 is 5.92 Å². The number of fused-ring (bicyclic) bond motifs is 3. The van der Waals surface area contributed by atoms with Crippen molar-refractivity contribution in [2.75, 3.05) is 7.11 Å². The zero-order valence-corrected chi connectivity index (χ0v) is 19.1. The van der Waals surface area contributed by atoms with Gasteiger partial charge in [0.25, 0.3) is 0 Å². The van der Waals surface area contributed by atoms with Gasteiger partial charge in [0.15, 0.2) is 5.43 Å². The van der Waals surface area contributed by atoms with Gasteiger partial charge < -0.3 is 19.8 Å². The van der Waals surface area contributed by atoms with Crippen LogP contribution >= 0.6 is 0 Å². The molecule has 1 aromatic heterocycles. The van der Waals surface area contributed by atoms with Gasteiger partial charge in [-0.15, -0.1) is 0 Å². The quantitative estimate of drug-likeness (QED) is 0.484. The van der Waals surface area contributed by atoms with Crippen LogP contribution in [0.3, 0.4) is 0 Å². The maximum Gasteiger partial charge on any atom is 0.205 e. The molecule has 0 aliphatic carbocycles. The Morgan fingerprint density at radius 1 is 0.971 bits per heavy atom. The van der Waals surface area contributed by atoms with Gasteiger partial charge in [0.2, 0.25) is 5.88 Å². The fourth-order valence-electron chi connectivity index (χ4n) is 4.91. The van der Waals surface area contributed by atoms with E-state index >= 15 is 0 Å². The van der Waals surface area contributed by atoms with Crippen LogP contribution in [0.5, 0.6) is 11.5 Å². The largest absolute Gasteiger partial charge is 0.497 e. The Kier molecular flexibility index (Phi) is 5.10. The van der Waals surface area contributed by atoms with E-state index in [0.717, 1.165) is 28.2 Å². The van der Waals surface area contributed by atoms with Crippen LogP contribution in [0.1, 0.15) is 28.4 Å². The highest BCUT2D eigenvalue weighted by Gasteiger charge is 2.33. The molecule has 0 saturated heterocycles. The lowest BCUT2D eigenvalue weighted by molar-refractivity contribution is 0.398. The number of methoxy groups -OCH3 is 1. The first-order valence-electron chi connectivity index (χ1n) is 10.9. The highest BCUT2D eigenvalue weighted by Crippen LogP contribution is 2.46. The molecule has 34 heavy (non-hydrogen) atoms. The minimum absolute atomic E-state index is 0.0419. The van der Waals surface area contributed by atoms with Crippen molar-refractivity contribution >= 4 is 10.8 Å². The minimum Gasteiger partial charge on any atom is -0.497 e. The second-order valence-corrected chi connectivity index (χ2v) is 8.27. The third-order valence-electron chi connectivity index (χ3n) is 6.46. The van der Waals surface area contributed by atoms with Crippen molar-refractivity contribution in [3.63, 3.8) is 0 Å². The third-order valence-corrected chi connectivity index (χ3v) is 6.46. The maximum atomic E-state index is 13.3. The smallest absolute Gasteiger partial charge is 0.205 e. The summed E-state index contributed by atoms with van der Waals surface area (Å²) in [5.74, 6) is 0.778. The molecule has 2 heterocycles. The van der Waals surface area contributed by atoms with E-state index in [9.17, 15) is 10.1 Å². The van der Waals surface area contributed by atoms with Crippen LogP contribution in [0.15, 0.2) is 83.0 Å². The SMILES string of the molecule is COc1ccc([C@H]2C(C#N)=C(N)Oc3c2ccc(=O)c2c(C)n(-c4ccccc4)c(C)c32)cc1. The zero-order valence-electron chi connectivity index (χ0n) is 19.1. The Morgan fingerprint density at radius 2 is 1.65 bits per heavy atom. The van der Waals surface area contributed by atoms with Crippen LogP contribution in [0.25, 0.3) is 16.5 Å². The molecule has 1 atom stereocenters. The van der Waals surface area contributed by atoms with E-state index in [0.29, 0.717) is 27.8 Å². The topological polar surface area (TPSA) is 90.3 Å². The Labute approximate surface area is 197 Å². The summed E-state index contributed by atoms with van der Waals surface area (Å²) in [6, 6.07) is 22.9. The summed E-state index contributed by atoms with van der Waals surface area (Å²) in [5.41, 5.74) is 10.7. The Balaban J connectivity index is 1.87. The molecule has 0 radical (unpaired) electrons. The average molecular weight is 450 g/mol. The number of aromatic nitrogens is 1. The Bertz CT molecular complexity index is 1560. The van der Waals surface area contributed by atoms with Gasteiger partial charge in [0.05, 0.1) is 23.8 Å². The summed E-state index contributed by atoms with van der Waals surface area (Å²) in [5, 5.41) is 11.2. The lowest BCUT2D eigenvalue weighted by Crippen LogP contribution is -2.20. The van der Waals surface area contributed by atoms with Crippen LogP contribution in [0.2, 0.25) is 0 Å². The monoisotopic (exact) mass is 449 g/mol. The normalized spacial score (nSPS) is 14.9. The van der Waals surface area contributed by atoms with Crippen LogP contribution < -0.4 is 20.6 Å². The van der Waals surface area contributed by atoms with Crippen LogP contribution in [-0.2, 0) is 0 Å². The molecule has 6 nitrogen and oxygen atoms in total. The molecule has 1 aliphatic heterocycles. The molecule has 0 unspecified atom stereocenters. The van der Waals surface area contributed by atoms with Crippen molar-refractivity contribution in [1.29, 1.82) is 5.26 Å². The van der Waals surface area contributed by atoms with Crippen LogP contribution in [-0.4, -0.2) is 11.7 Å². The molecule has 1 aliphatic rings. The van der Waals surface area contributed by atoms with Crippen molar-refractivity contribution in [3.05, 3.63) is 111 Å². The molecule has 0 spiro atoms. The van der Waals surface area contributed by atoms with E-state index in [1.807, 2.05) is 68.4 Å². The van der Waals surface area contributed by atoms with E-state index in [1.165, 1.54) is 0 Å². The lowest BCUT2D eigenvalue weighted by Gasteiger charge is -2.26. The average Bonchev–Trinajstić information content (AvgIpc) is 3.02. The first-order valence-corrected chi connectivity index (χ1v) is 10.9. The van der Waals surface area contributed by atoms with E-state index in [2.05, 4.69) is 10.6 Å². The number of aryl methyl sites for hydroxylation is 2. The van der Waals surface area contributed by atoms with Crippen molar-refractivity contribution in [2.24, 2.45) is 5.73 Å². The highest BCUT2D eigenvalue weighted by atomic mass is 16.5. The number of rotatable bonds is 3. The summed E-state index contributed by atoms with van der Waals surface area (Å²) >= 11 is 0. The van der Waals surface area contributed by atoms with Gasteiger partial charge in [0, 0.05) is 22.6 Å². The van der Waals surface area contributed by atoms with E-state index in [1.54, 1.807) is 19.2 Å².